The number of hydrogen-bond donors (Lipinski definition) is 1. The van der Waals surface area contributed by atoms with Crippen LogP contribution in [0.2, 0.25) is 0 Å². The van der Waals surface area contributed by atoms with Crippen molar-refractivity contribution < 1.29 is 9.59 Å². The van der Waals surface area contributed by atoms with Crippen molar-refractivity contribution in [3.63, 3.8) is 0 Å². The normalized spacial score (nSPS) is 21.8. The van der Waals surface area contributed by atoms with E-state index in [-0.39, 0.29) is 18.4 Å². The minimum atomic E-state index is -0.428. The first-order valence-corrected chi connectivity index (χ1v) is 13.7. The van der Waals surface area contributed by atoms with Gasteiger partial charge < -0.3 is 15.1 Å². The first-order chi connectivity index (χ1) is 18.1. The topological polar surface area (TPSA) is 82.8 Å². The molecule has 8 nitrogen and oxygen atoms in total. The van der Waals surface area contributed by atoms with Gasteiger partial charge in [-0.2, -0.15) is 5.10 Å². The summed E-state index contributed by atoms with van der Waals surface area (Å²) in [5, 5.41) is 7.40. The number of hydrogen-bond acceptors (Lipinski definition) is 5. The fourth-order valence-corrected chi connectivity index (χ4v) is 5.93. The SMILES string of the molecule is CCN(c1cc(-c2cnn(C)c2)cc(C(=O)NCC2C(=O)N=C(C)C=C2C)c1C)C1CCC(N(C)C)CC1. The number of rotatable bonds is 8. The van der Waals surface area contributed by atoms with E-state index in [1.165, 1.54) is 12.8 Å². The molecule has 2 amide bonds. The molecule has 1 unspecified atom stereocenters. The van der Waals surface area contributed by atoms with Crippen LogP contribution in [0.5, 0.6) is 0 Å². The Morgan fingerprint density at radius 3 is 2.34 bits per heavy atom. The molecule has 0 bridgehead atoms. The molecule has 1 aromatic heterocycles. The van der Waals surface area contributed by atoms with Crippen LogP contribution in [0.4, 0.5) is 5.69 Å². The minimum Gasteiger partial charge on any atom is -0.369 e. The van der Waals surface area contributed by atoms with E-state index in [1.54, 1.807) is 4.68 Å². The van der Waals surface area contributed by atoms with Crippen LogP contribution in [0.25, 0.3) is 11.1 Å². The van der Waals surface area contributed by atoms with Crippen molar-refractivity contribution in [2.45, 2.75) is 65.5 Å². The number of nitrogens with zero attached hydrogens (tertiary/aromatic N) is 5. The van der Waals surface area contributed by atoms with E-state index in [1.807, 2.05) is 52.4 Å². The lowest BCUT2D eigenvalue weighted by Gasteiger charge is -2.40. The van der Waals surface area contributed by atoms with E-state index >= 15 is 0 Å². The molecule has 0 saturated heterocycles. The molecule has 2 aromatic rings. The van der Waals surface area contributed by atoms with Crippen molar-refractivity contribution >= 4 is 23.2 Å². The second kappa shape index (κ2) is 11.6. The molecule has 1 N–H and O–H groups in total. The van der Waals surface area contributed by atoms with E-state index in [9.17, 15) is 9.59 Å². The molecule has 0 spiro atoms. The monoisotopic (exact) mass is 518 g/mol. The third-order valence-electron chi connectivity index (χ3n) is 8.19. The molecule has 1 atom stereocenters. The predicted octanol–water partition coefficient (Wildman–Crippen LogP) is 4.39. The van der Waals surface area contributed by atoms with Gasteiger partial charge in [0.05, 0.1) is 12.1 Å². The van der Waals surface area contributed by atoms with Crippen molar-refractivity contribution in [3.8, 4) is 11.1 Å². The highest BCUT2D eigenvalue weighted by Crippen LogP contribution is 2.35. The molecule has 1 saturated carbocycles. The summed E-state index contributed by atoms with van der Waals surface area (Å²) < 4.78 is 1.78. The van der Waals surface area contributed by atoms with Crippen molar-refractivity contribution in [3.05, 3.63) is 47.3 Å². The fraction of sp³-hybridized carbons (Fsp3) is 0.533. The molecule has 2 aliphatic rings. The number of dihydropyridines is 1. The van der Waals surface area contributed by atoms with Gasteiger partial charge in [0.25, 0.3) is 11.8 Å². The molecular weight excluding hydrogens is 476 g/mol. The van der Waals surface area contributed by atoms with Crippen molar-refractivity contribution in [2.75, 3.05) is 32.1 Å². The lowest BCUT2D eigenvalue weighted by Crippen LogP contribution is -2.42. The van der Waals surface area contributed by atoms with Gasteiger partial charge in [0.2, 0.25) is 0 Å². The second-order valence-corrected chi connectivity index (χ2v) is 11.0. The molecule has 4 rings (SSSR count). The van der Waals surface area contributed by atoms with Gasteiger partial charge in [-0.3, -0.25) is 14.3 Å². The summed E-state index contributed by atoms with van der Waals surface area (Å²) in [5.74, 6) is -0.800. The zero-order chi connectivity index (χ0) is 27.6. The van der Waals surface area contributed by atoms with Crippen LogP contribution in [0.15, 0.2) is 41.2 Å². The van der Waals surface area contributed by atoms with Crippen LogP contribution in [0.3, 0.4) is 0 Å². The Labute approximate surface area is 226 Å². The van der Waals surface area contributed by atoms with Crippen molar-refractivity contribution in [2.24, 2.45) is 18.0 Å². The lowest BCUT2D eigenvalue weighted by molar-refractivity contribution is -0.120. The first kappa shape index (κ1) is 27.8. The van der Waals surface area contributed by atoms with Crippen LogP contribution in [0.1, 0.15) is 62.4 Å². The van der Waals surface area contributed by atoms with E-state index in [0.717, 1.165) is 47.3 Å². The number of anilines is 1. The average molecular weight is 519 g/mol. The second-order valence-electron chi connectivity index (χ2n) is 11.0. The number of carbonyl (C=O) groups is 2. The summed E-state index contributed by atoms with van der Waals surface area (Å²) in [6.45, 7) is 9.07. The standard InChI is InChI=1S/C30H42N6O2/c1-8-36(25-11-9-24(10-12-25)34(5)6)28-15-22(23-16-32-35(7)18-23)14-26(21(28)4)29(37)31-17-27-19(2)13-20(3)33-30(27)38/h13-16,18,24-25,27H,8-12,17H2,1-7H3,(H,31,37). The number of amides is 2. The predicted molar refractivity (Wildman–Crippen MR) is 154 cm³/mol. The number of aryl methyl sites for hydroxylation is 1. The molecule has 2 heterocycles. The Bertz CT molecular complexity index is 1250. The van der Waals surface area contributed by atoms with E-state index < -0.39 is 5.92 Å². The minimum absolute atomic E-state index is 0.172. The van der Waals surface area contributed by atoms with Gasteiger partial charge in [-0.05, 0) is 96.8 Å². The van der Waals surface area contributed by atoms with Gasteiger partial charge >= 0.3 is 0 Å². The van der Waals surface area contributed by atoms with Gasteiger partial charge in [-0.15, -0.1) is 0 Å². The summed E-state index contributed by atoms with van der Waals surface area (Å²) in [6.07, 6.45) is 10.3. The fourth-order valence-electron chi connectivity index (χ4n) is 5.93. The highest BCUT2D eigenvalue weighted by Gasteiger charge is 2.29. The van der Waals surface area contributed by atoms with Crippen LogP contribution < -0.4 is 10.2 Å². The van der Waals surface area contributed by atoms with Crippen LogP contribution in [-0.2, 0) is 11.8 Å². The Morgan fingerprint density at radius 1 is 1.08 bits per heavy atom. The molecule has 1 aliphatic heterocycles. The van der Waals surface area contributed by atoms with E-state index in [4.69, 9.17) is 0 Å². The Morgan fingerprint density at radius 2 is 1.76 bits per heavy atom. The Balaban J connectivity index is 1.64. The highest BCUT2D eigenvalue weighted by molar-refractivity contribution is 6.06. The number of aliphatic imine (C=N–C) groups is 1. The molecule has 0 radical (unpaired) electrons. The molecule has 38 heavy (non-hydrogen) atoms. The number of carbonyl (C=O) groups excluding carboxylic acids is 2. The van der Waals surface area contributed by atoms with Gasteiger partial charge in [0, 0.05) is 60.9 Å². The number of allylic oxidation sites excluding steroid dienone is 1. The number of benzene rings is 1. The average Bonchev–Trinajstić information content (AvgIpc) is 3.31. The van der Waals surface area contributed by atoms with Gasteiger partial charge in [-0.1, -0.05) is 5.57 Å². The molecule has 1 aromatic carbocycles. The van der Waals surface area contributed by atoms with E-state index in [2.05, 4.69) is 52.3 Å². The Kier molecular flexibility index (Phi) is 8.51. The van der Waals surface area contributed by atoms with Gasteiger partial charge in [0.1, 0.15) is 0 Å². The summed E-state index contributed by atoms with van der Waals surface area (Å²) in [4.78, 5) is 35.0. The van der Waals surface area contributed by atoms with Gasteiger partial charge in [-0.25, -0.2) is 4.99 Å². The quantitative estimate of drug-likeness (QED) is 0.561. The summed E-state index contributed by atoms with van der Waals surface area (Å²) >= 11 is 0. The van der Waals surface area contributed by atoms with E-state index in [0.29, 0.717) is 23.4 Å². The summed E-state index contributed by atoms with van der Waals surface area (Å²) in [5.41, 5.74) is 6.26. The third kappa shape index (κ3) is 5.90. The third-order valence-corrected chi connectivity index (χ3v) is 8.19. The molecule has 8 heteroatoms. The number of nitrogens with one attached hydrogen (secondary N) is 1. The molecule has 1 aliphatic carbocycles. The zero-order valence-corrected chi connectivity index (χ0v) is 23.9. The Hall–Kier alpha value is -3.26. The molecule has 204 valence electrons. The highest BCUT2D eigenvalue weighted by atomic mass is 16.2. The van der Waals surface area contributed by atoms with Gasteiger partial charge in [0.15, 0.2) is 0 Å². The molecule has 1 fully saturated rings. The lowest BCUT2D eigenvalue weighted by atomic mass is 9.88. The van der Waals surface area contributed by atoms with Crippen molar-refractivity contribution in [1.82, 2.24) is 20.0 Å². The largest absolute Gasteiger partial charge is 0.369 e. The van der Waals surface area contributed by atoms with Crippen LogP contribution in [-0.4, -0.2) is 71.5 Å². The van der Waals surface area contributed by atoms with Crippen LogP contribution >= 0.6 is 0 Å². The summed E-state index contributed by atoms with van der Waals surface area (Å²) in [7, 11) is 6.23. The maximum atomic E-state index is 13.6. The van der Waals surface area contributed by atoms with Crippen LogP contribution in [0, 0.1) is 12.8 Å². The molecular formula is C30H42N6O2. The zero-order valence-electron chi connectivity index (χ0n) is 23.9. The maximum Gasteiger partial charge on any atom is 0.254 e. The maximum absolute atomic E-state index is 13.6. The number of aromatic nitrogens is 2. The first-order valence-electron chi connectivity index (χ1n) is 13.7. The van der Waals surface area contributed by atoms with Crippen molar-refractivity contribution in [1.29, 1.82) is 0 Å². The smallest absolute Gasteiger partial charge is 0.254 e. The summed E-state index contributed by atoms with van der Waals surface area (Å²) in [6, 6.07) is 5.22.